The number of halogens is 2. The second-order valence-corrected chi connectivity index (χ2v) is 8.78. The predicted molar refractivity (Wildman–Crippen MR) is 145 cm³/mol. The fourth-order valence-corrected chi connectivity index (χ4v) is 4.33. The van der Waals surface area contributed by atoms with Gasteiger partial charge in [-0.1, -0.05) is 6.07 Å². The number of aromatic amines is 1. The van der Waals surface area contributed by atoms with E-state index in [1.165, 1.54) is 54.6 Å². The van der Waals surface area contributed by atoms with Crippen LogP contribution in [0.25, 0.3) is 33.4 Å². The Morgan fingerprint density at radius 2 is 1.77 bits per heavy atom. The summed E-state index contributed by atoms with van der Waals surface area (Å²) in [7, 11) is 0. The molecule has 4 aromatic heterocycles. The van der Waals surface area contributed by atoms with Gasteiger partial charge in [-0.15, -0.1) is 0 Å². The summed E-state index contributed by atoms with van der Waals surface area (Å²) in [5.74, 6) is -1.60. The number of nitrogens with one attached hydrogen (secondary N) is 2. The molecule has 4 heterocycles. The zero-order valence-corrected chi connectivity index (χ0v) is 20.6. The molecule has 0 bridgehead atoms. The molecule has 40 heavy (non-hydrogen) atoms. The highest BCUT2D eigenvalue weighted by molar-refractivity contribution is 6.02. The molecule has 0 spiro atoms. The summed E-state index contributed by atoms with van der Waals surface area (Å²) in [6.45, 7) is 0. The zero-order chi connectivity index (χ0) is 27.6. The summed E-state index contributed by atoms with van der Waals surface area (Å²) >= 11 is 0. The van der Waals surface area contributed by atoms with E-state index < -0.39 is 17.5 Å². The van der Waals surface area contributed by atoms with Gasteiger partial charge in [0.05, 0.1) is 5.39 Å². The number of pyridine rings is 3. The van der Waals surface area contributed by atoms with Crippen molar-refractivity contribution in [2.75, 3.05) is 5.32 Å². The Hall–Kier alpha value is -5.64. The minimum Gasteiger partial charge on any atom is -0.618 e. The van der Waals surface area contributed by atoms with E-state index >= 15 is 4.39 Å². The van der Waals surface area contributed by atoms with Crippen LogP contribution < -0.4 is 14.8 Å². The van der Waals surface area contributed by atoms with Crippen molar-refractivity contribution >= 4 is 22.6 Å². The number of anilines is 1. The van der Waals surface area contributed by atoms with Crippen LogP contribution in [0.4, 0.5) is 14.5 Å². The minimum absolute atomic E-state index is 0.0685. The third-order valence-corrected chi connectivity index (χ3v) is 6.24. The maximum atomic E-state index is 15.1. The lowest BCUT2D eigenvalue weighted by Crippen LogP contribution is -2.38. The molecule has 0 saturated heterocycles. The average Bonchev–Trinajstić information content (AvgIpc) is 3.41. The highest BCUT2D eigenvalue weighted by Crippen LogP contribution is 2.37. The van der Waals surface area contributed by atoms with Gasteiger partial charge >= 0.3 is 5.91 Å². The number of amides is 1. The maximum absolute atomic E-state index is 15.1. The Bertz CT molecular complexity index is 1860. The first kappa shape index (κ1) is 24.7. The summed E-state index contributed by atoms with van der Waals surface area (Å²) in [6, 6.07) is 19.0. The molecular weight excluding hydrogens is 516 g/mol. The average molecular weight is 536 g/mol. The quantitative estimate of drug-likeness (QED) is 0.194. The van der Waals surface area contributed by atoms with Crippen LogP contribution in [-0.4, -0.2) is 20.9 Å². The van der Waals surface area contributed by atoms with E-state index in [2.05, 4.69) is 20.3 Å². The molecule has 0 aliphatic rings. The molecule has 196 valence electrons. The number of fused-ring (bicyclic) bond motifs is 1. The lowest BCUT2D eigenvalue weighted by molar-refractivity contribution is -0.595. The van der Waals surface area contributed by atoms with Crippen LogP contribution in [0.2, 0.25) is 0 Å². The van der Waals surface area contributed by atoms with Crippen LogP contribution in [0.3, 0.4) is 0 Å². The van der Waals surface area contributed by atoms with Crippen molar-refractivity contribution in [3.05, 3.63) is 126 Å². The maximum Gasteiger partial charge on any atom is 0.321 e. The van der Waals surface area contributed by atoms with Gasteiger partial charge in [0.15, 0.2) is 11.6 Å². The van der Waals surface area contributed by atoms with Crippen LogP contribution in [0, 0.1) is 16.8 Å². The van der Waals surface area contributed by atoms with Gasteiger partial charge in [0.1, 0.15) is 17.2 Å². The SMILES string of the molecule is O=C(Nc1ccc(Oc2ccnc3[nH]cc(-c4cccnc4)c23)c(F)c1)c1cccc(-c2ccc(F)cc2)[n+]1[O-]. The van der Waals surface area contributed by atoms with Crippen LogP contribution in [-0.2, 0) is 0 Å². The molecule has 10 heteroatoms. The summed E-state index contributed by atoms with van der Waals surface area (Å²) in [5.41, 5.74) is 2.72. The lowest BCUT2D eigenvalue weighted by Gasteiger charge is -2.12. The molecule has 0 aliphatic carbocycles. The van der Waals surface area contributed by atoms with Crippen molar-refractivity contribution in [2.45, 2.75) is 0 Å². The zero-order valence-electron chi connectivity index (χ0n) is 20.6. The molecule has 0 unspecified atom stereocenters. The Kier molecular flexibility index (Phi) is 6.33. The first-order chi connectivity index (χ1) is 19.5. The fraction of sp³-hybridized carbons (Fsp3) is 0. The van der Waals surface area contributed by atoms with Crippen molar-refractivity contribution in [3.63, 3.8) is 0 Å². The Morgan fingerprint density at radius 3 is 2.55 bits per heavy atom. The molecular formula is C30H19F2N5O3. The molecule has 2 aromatic carbocycles. The van der Waals surface area contributed by atoms with Crippen molar-refractivity contribution in [1.82, 2.24) is 15.0 Å². The summed E-state index contributed by atoms with van der Waals surface area (Å²) in [5, 5.41) is 16.1. The monoisotopic (exact) mass is 535 g/mol. The van der Waals surface area contributed by atoms with E-state index in [9.17, 15) is 14.4 Å². The third kappa shape index (κ3) is 4.69. The number of rotatable bonds is 6. The first-order valence-corrected chi connectivity index (χ1v) is 12.1. The second-order valence-electron chi connectivity index (χ2n) is 8.78. The number of hydrogen-bond acceptors (Lipinski definition) is 5. The highest BCUT2D eigenvalue weighted by Gasteiger charge is 2.21. The summed E-state index contributed by atoms with van der Waals surface area (Å²) < 4.78 is 34.8. The van der Waals surface area contributed by atoms with Crippen molar-refractivity contribution < 1.29 is 23.0 Å². The topological polar surface area (TPSA) is 107 Å². The largest absolute Gasteiger partial charge is 0.618 e. The third-order valence-electron chi connectivity index (χ3n) is 6.24. The van der Waals surface area contributed by atoms with E-state index in [0.29, 0.717) is 27.1 Å². The normalized spacial score (nSPS) is 10.9. The van der Waals surface area contributed by atoms with Gasteiger partial charge in [-0.25, -0.2) is 13.8 Å². The molecule has 6 aromatic rings. The minimum atomic E-state index is -0.740. The summed E-state index contributed by atoms with van der Waals surface area (Å²) in [6.07, 6.45) is 6.71. The van der Waals surface area contributed by atoms with Crippen LogP contribution in [0.15, 0.2) is 104 Å². The number of aromatic nitrogens is 4. The smallest absolute Gasteiger partial charge is 0.321 e. The van der Waals surface area contributed by atoms with Gasteiger partial charge in [-0.2, -0.15) is 4.73 Å². The number of ether oxygens (including phenoxy) is 1. The first-order valence-electron chi connectivity index (χ1n) is 12.1. The van der Waals surface area contributed by atoms with Crippen LogP contribution in [0.1, 0.15) is 10.5 Å². The molecule has 0 radical (unpaired) electrons. The number of hydrogen-bond donors (Lipinski definition) is 2. The lowest BCUT2D eigenvalue weighted by atomic mass is 10.1. The molecule has 1 amide bonds. The van der Waals surface area contributed by atoms with E-state index in [-0.39, 0.29) is 22.8 Å². The molecule has 8 nitrogen and oxygen atoms in total. The van der Waals surface area contributed by atoms with E-state index in [0.717, 1.165) is 17.2 Å². The summed E-state index contributed by atoms with van der Waals surface area (Å²) in [4.78, 5) is 24.5. The number of carbonyl (C=O) groups is 1. The fourth-order valence-electron chi connectivity index (χ4n) is 4.33. The number of carbonyl (C=O) groups excluding carboxylic acids is 1. The van der Waals surface area contributed by atoms with Gasteiger partial charge in [0.25, 0.3) is 5.69 Å². The van der Waals surface area contributed by atoms with Crippen molar-refractivity contribution in [2.24, 2.45) is 0 Å². The van der Waals surface area contributed by atoms with Gasteiger partial charge < -0.3 is 20.2 Å². The van der Waals surface area contributed by atoms with Crippen LogP contribution >= 0.6 is 0 Å². The van der Waals surface area contributed by atoms with Gasteiger partial charge in [0.2, 0.25) is 5.69 Å². The molecule has 6 rings (SSSR count). The second kappa shape index (κ2) is 10.3. The van der Waals surface area contributed by atoms with Gasteiger partial charge in [0, 0.05) is 65.4 Å². The molecule has 0 aliphatic heterocycles. The molecule has 0 saturated carbocycles. The van der Waals surface area contributed by atoms with Crippen molar-refractivity contribution in [1.29, 1.82) is 0 Å². The van der Waals surface area contributed by atoms with Gasteiger partial charge in [-0.3, -0.25) is 9.78 Å². The molecule has 0 atom stereocenters. The van der Waals surface area contributed by atoms with Crippen molar-refractivity contribution in [3.8, 4) is 33.9 Å². The molecule has 2 N–H and O–H groups in total. The van der Waals surface area contributed by atoms with Crippen LogP contribution in [0.5, 0.6) is 11.5 Å². The Morgan fingerprint density at radius 1 is 0.925 bits per heavy atom. The van der Waals surface area contributed by atoms with Gasteiger partial charge in [-0.05, 0) is 54.6 Å². The van der Waals surface area contributed by atoms with E-state index in [1.807, 2.05) is 12.1 Å². The standard InChI is InChI=1S/C30H19F2N5O3/c31-20-8-6-18(7-9-20)24-4-1-5-25(37(24)39)30(38)36-21-10-11-26(23(32)15-21)40-27-12-14-34-29-28(27)22(17-35-29)19-3-2-13-33-16-19/h1-17H,(H,34,35)(H,36,38). The number of H-pyrrole nitrogens is 1. The number of nitrogens with zero attached hydrogens (tertiary/aromatic N) is 3. The highest BCUT2D eigenvalue weighted by atomic mass is 19.1. The Balaban J connectivity index is 1.25. The Labute approximate surface area is 226 Å². The predicted octanol–water partition coefficient (Wildman–Crippen LogP) is 6.25. The van der Waals surface area contributed by atoms with E-state index in [4.69, 9.17) is 4.74 Å². The molecule has 0 fully saturated rings. The van der Waals surface area contributed by atoms with E-state index in [1.54, 1.807) is 30.9 Å². The number of benzene rings is 2.